The quantitative estimate of drug-likeness (QED) is 0.365. The lowest BCUT2D eigenvalue weighted by Crippen LogP contribution is -2.51. The maximum absolute atomic E-state index is 13.6. The lowest BCUT2D eigenvalue weighted by molar-refractivity contribution is -0.141. The molecule has 2 aromatic rings. The summed E-state index contributed by atoms with van der Waals surface area (Å²) in [6, 6.07) is 13.4. The third-order valence-electron chi connectivity index (χ3n) is 7.14. The summed E-state index contributed by atoms with van der Waals surface area (Å²) < 4.78 is 0. The second-order valence-electron chi connectivity index (χ2n) is 11.0. The van der Waals surface area contributed by atoms with Crippen LogP contribution in [0.5, 0.6) is 0 Å². The summed E-state index contributed by atoms with van der Waals surface area (Å²) in [6.45, 7) is 8.80. The molecule has 6 heteroatoms. The predicted molar refractivity (Wildman–Crippen MR) is 150 cm³/mol. The van der Waals surface area contributed by atoms with Crippen molar-refractivity contribution in [2.24, 2.45) is 0 Å². The van der Waals surface area contributed by atoms with Crippen molar-refractivity contribution in [3.8, 4) is 0 Å². The van der Waals surface area contributed by atoms with Gasteiger partial charge in [-0.2, -0.15) is 0 Å². The molecule has 1 N–H and O–H groups in total. The normalized spacial score (nSPS) is 15.4. The molecule has 1 fully saturated rings. The van der Waals surface area contributed by atoms with Gasteiger partial charge in [-0.3, -0.25) is 9.59 Å². The van der Waals surface area contributed by atoms with Crippen molar-refractivity contribution in [1.82, 2.24) is 10.2 Å². The first-order chi connectivity index (χ1) is 17.1. The average molecular weight is 532 g/mol. The van der Waals surface area contributed by atoms with Crippen LogP contribution in [0.15, 0.2) is 42.5 Å². The number of nitrogens with one attached hydrogen (secondary N) is 1. The van der Waals surface area contributed by atoms with Crippen LogP contribution >= 0.6 is 23.2 Å². The Hall–Kier alpha value is -2.04. The number of halogens is 2. The minimum Gasteiger partial charge on any atom is -0.352 e. The summed E-state index contributed by atoms with van der Waals surface area (Å²) in [5.74, 6) is -0.121. The van der Waals surface area contributed by atoms with Crippen LogP contribution in [0.2, 0.25) is 10.0 Å². The highest BCUT2D eigenvalue weighted by molar-refractivity contribution is 6.35. The molecule has 1 aliphatic carbocycles. The van der Waals surface area contributed by atoms with E-state index in [2.05, 4.69) is 50.4 Å². The number of carbonyl (C=O) groups is 2. The van der Waals surface area contributed by atoms with Crippen LogP contribution in [0.1, 0.15) is 89.3 Å². The maximum Gasteiger partial charge on any atom is 0.243 e. The van der Waals surface area contributed by atoms with E-state index >= 15 is 0 Å². The van der Waals surface area contributed by atoms with Gasteiger partial charge in [-0.15, -0.1) is 0 Å². The number of carbonyl (C=O) groups excluding carboxylic acids is 2. The molecule has 0 heterocycles. The van der Waals surface area contributed by atoms with E-state index in [1.165, 1.54) is 12.0 Å². The van der Waals surface area contributed by atoms with Gasteiger partial charge in [0.25, 0.3) is 0 Å². The Kier molecular flexibility index (Phi) is 10.3. The fourth-order valence-electron chi connectivity index (χ4n) is 4.86. The molecule has 196 valence electrons. The smallest absolute Gasteiger partial charge is 0.243 e. The number of nitrogens with zero attached hydrogens (tertiary/aromatic N) is 1. The monoisotopic (exact) mass is 530 g/mol. The first kappa shape index (κ1) is 28.5. The fourth-order valence-corrected chi connectivity index (χ4v) is 5.33. The summed E-state index contributed by atoms with van der Waals surface area (Å²) in [5, 5.41) is 4.27. The largest absolute Gasteiger partial charge is 0.352 e. The van der Waals surface area contributed by atoms with Crippen molar-refractivity contribution in [3.63, 3.8) is 0 Å². The zero-order valence-electron chi connectivity index (χ0n) is 22.1. The summed E-state index contributed by atoms with van der Waals surface area (Å²) >= 11 is 12.6. The summed E-state index contributed by atoms with van der Waals surface area (Å²) in [6.07, 6.45) is 6.99. The number of aryl methyl sites for hydroxylation is 1. The van der Waals surface area contributed by atoms with Gasteiger partial charge in [0.15, 0.2) is 0 Å². The first-order valence-electron chi connectivity index (χ1n) is 13.2. The van der Waals surface area contributed by atoms with E-state index in [9.17, 15) is 9.59 Å². The maximum atomic E-state index is 13.6. The van der Waals surface area contributed by atoms with E-state index in [1.54, 1.807) is 17.0 Å². The molecule has 0 spiro atoms. The highest BCUT2D eigenvalue weighted by atomic mass is 35.5. The van der Waals surface area contributed by atoms with Crippen LogP contribution < -0.4 is 5.32 Å². The van der Waals surface area contributed by atoms with Crippen LogP contribution in [-0.4, -0.2) is 28.8 Å². The molecule has 0 aliphatic heterocycles. The molecule has 0 bridgehead atoms. The topological polar surface area (TPSA) is 49.4 Å². The first-order valence-corrected chi connectivity index (χ1v) is 14.0. The Balaban J connectivity index is 1.77. The average Bonchev–Trinajstić information content (AvgIpc) is 2.84. The second-order valence-corrected chi connectivity index (χ2v) is 11.8. The van der Waals surface area contributed by atoms with Crippen LogP contribution in [0.4, 0.5) is 0 Å². The number of amides is 2. The Morgan fingerprint density at radius 3 is 2.28 bits per heavy atom. The van der Waals surface area contributed by atoms with Gasteiger partial charge < -0.3 is 10.2 Å². The van der Waals surface area contributed by atoms with E-state index in [4.69, 9.17) is 23.2 Å². The number of hydrogen-bond donors (Lipinski definition) is 1. The summed E-state index contributed by atoms with van der Waals surface area (Å²) in [7, 11) is 0. The number of benzene rings is 2. The predicted octanol–water partition coefficient (Wildman–Crippen LogP) is 7.48. The van der Waals surface area contributed by atoms with E-state index < -0.39 is 6.04 Å². The molecule has 1 saturated carbocycles. The van der Waals surface area contributed by atoms with Crippen molar-refractivity contribution < 1.29 is 9.59 Å². The Morgan fingerprint density at radius 1 is 1.03 bits per heavy atom. The van der Waals surface area contributed by atoms with Crippen LogP contribution in [0, 0.1) is 0 Å². The Morgan fingerprint density at radius 2 is 1.69 bits per heavy atom. The van der Waals surface area contributed by atoms with Crippen molar-refractivity contribution in [3.05, 3.63) is 69.2 Å². The summed E-state index contributed by atoms with van der Waals surface area (Å²) in [4.78, 5) is 28.7. The molecule has 0 saturated heterocycles. The van der Waals surface area contributed by atoms with Gasteiger partial charge in [-0.1, -0.05) is 100 Å². The molecule has 4 nitrogen and oxygen atoms in total. The molecule has 0 radical (unpaired) electrons. The van der Waals surface area contributed by atoms with Gasteiger partial charge in [0.05, 0.1) is 0 Å². The lowest BCUT2D eigenvalue weighted by Gasteiger charge is -2.33. The van der Waals surface area contributed by atoms with Crippen LogP contribution in [0.25, 0.3) is 0 Å². The van der Waals surface area contributed by atoms with Crippen molar-refractivity contribution in [2.75, 3.05) is 0 Å². The minimum atomic E-state index is -0.547. The third-order valence-corrected chi connectivity index (χ3v) is 7.73. The summed E-state index contributed by atoms with van der Waals surface area (Å²) in [5.41, 5.74) is 3.25. The third kappa shape index (κ3) is 7.98. The van der Waals surface area contributed by atoms with Gasteiger partial charge in [-0.05, 0) is 59.9 Å². The molecule has 1 atom stereocenters. The second kappa shape index (κ2) is 13.0. The molecule has 1 unspecified atom stereocenters. The highest BCUT2D eigenvalue weighted by Crippen LogP contribution is 2.26. The zero-order chi connectivity index (χ0) is 26.3. The van der Waals surface area contributed by atoms with Gasteiger partial charge in [-0.25, -0.2) is 0 Å². The van der Waals surface area contributed by atoms with Gasteiger partial charge in [0.2, 0.25) is 11.8 Å². The Bertz CT molecular complexity index is 1020. The molecule has 1 aliphatic rings. The minimum absolute atomic E-state index is 0.0495. The molecular formula is C30H40Cl2N2O2. The van der Waals surface area contributed by atoms with Crippen molar-refractivity contribution in [2.45, 2.75) is 103 Å². The van der Waals surface area contributed by atoms with Crippen molar-refractivity contribution in [1.29, 1.82) is 0 Å². The number of hydrogen-bond acceptors (Lipinski definition) is 2. The fraction of sp³-hybridized carbons (Fsp3) is 0.533. The van der Waals surface area contributed by atoms with E-state index in [0.717, 1.165) is 36.8 Å². The molecule has 2 amide bonds. The Labute approximate surface area is 226 Å². The van der Waals surface area contributed by atoms with Crippen LogP contribution in [-0.2, 0) is 28.0 Å². The molecule has 36 heavy (non-hydrogen) atoms. The molecule has 0 aromatic heterocycles. The number of rotatable bonds is 9. The van der Waals surface area contributed by atoms with Gasteiger partial charge in [0.1, 0.15) is 6.04 Å². The van der Waals surface area contributed by atoms with Crippen molar-refractivity contribution >= 4 is 35.0 Å². The zero-order valence-corrected chi connectivity index (χ0v) is 23.6. The molecular weight excluding hydrogens is 491 g/mol. The van der Waals surface area contributed by atoms with E-state index in [-0.39, 0.29) is 29.8 Å². The van der Waals surface area contributed by atoms with E-state index in [1.807, 2.05) is 13.0 Å². The molecule has 2 aromatic carbocycles. The van der Waals surface area contributed by atoms with Gasteiger partial charge in [0, 0.05) is 29.1 Å². The van der Waals surface area contributed by atoms with Gasteiger partial charge >= 0.3 is 0 Å². The SMILES string of the molecule is CCC(C(=O)NC1CCCCC1)N(Cc1ccc(Cl)cc1Cl)C(=O)CCc1ccc(C(C)(C)C)cc1. The van der Waals surface area contributed by atoms with E-state index in [0.29, 0.717) is 29.3 Å². The standard InChI is InChI=1S/C30H40Cl2N2O2/c1-5-27(29(36)33-25-9-7-6-8-10-25)34(20-22-14-17-24(31)19-26(22)32)28(35)18-13-21-11-15-23(16-12-21)30(2,3)4/h11-12,14-17,19,25,27H,5-10,13,18,20H2,1-4H3,(H,33,36). The lowest BCUT2D eigenvalue weighted by atomic mass is 9.86. The molecule has 3 rings (SSSR count). The van der Waals surface area contributed by atoms with Crippen LogP contribution in [0.3, 0.4) is 0 Å². The highest BCUT2D eigenvalue weighted by Gasteiger charge is 2.30.